The van der Waals surface area contributed by atoms with Crippen LogP contribution in [0.25, 0.3) is 0 Å². The Balaban J connectivity index is 1.37. The van der Waals surface area contributed by atoms with Crippen molar-refractivity contribution in [3.63, 3.8) is 0 Å². The molecule has 2 amide bonds. The van der Waals surface area contributed by atoms with Crippen LogP contribution < -0.4 is 0 Å². The molecular formula is C22H27N3O3. The summed E-state index contributed by atoms with van der Waals surface area (Å²) < 4.78 is 5.17. The number of amides is 2. The molecule has 0 saturated carbocycles. The van der Waals surface area contributed by atoms with Crippen LogP contribution in [0.3, 0.4) is 0 Å². The lowest BCUT2D eigenvalue weighted by atomic mass is 9.78. The normalized spacial score (nSPS) is 22.2. The van der Waals surface area contributed by atoms with Gasteiger partial charge in [-0.25, -0.2) is 4.98 Å². The standard InChI is InChI=1S/C22H27N3O3/c1-17-19(23-16-28-17)20(26)25-14-11-22(15-25)10-6-13-24(21(22)27)12-5-9-18-7-3-2-4-8-18/h2-4,7-8,16H,5-6,9-15H2,1H3/t22-/m0/s1. The minimum absolute atomic E-state index is 0.128. The van der Waals surface area contributed by atoms with E-state index >= 15 is 0 Å². The Labute approximate surface area is 165 Å². The number of hydrogen-bond acceptors (Lipinski definition) is 4. The number of carbonyl (C=O) groups is 2. The fourth-order valence-corrected chi connectivity index (χ4v) is 4.57. The lowest BCUT2D eigenvalue weighted by molar-refractivity contribution is -0.145. The van der Waals surface area contributed by atoms with Crippen LogP contribution in [0, 0.1) is 12.3 Å². The second kappa shape index (κ2) is 7.78. The topological polar surface area (TPSA) is 66.7 Å². The van der Waals surface area contributed by atoms with Gasteiger partial charge < -0.3 is 14.2 Å². The second-order valence-corrected chi connectivity index (χ2v) is 8.00. The van der Waals surface area contributed by atoms with Gasteiger partial charge in [-0.2, -0.15) is 0 Å². The lowest BCUT2D eigenvalue weighted by Gasteiger charge is -2.39. The Kier molecular flexibility index (Phi) is 5.20. The molecule has 4 rings (SSSR count). The monoisotopic (exact) mass is 381 g/mol. The van der Waals surface area contributed by atoms with Gasteiger partial charge in [0.1, 0.15) is 5.76 Å². The number of aromatic nitrogens is 1. The van der Waals surface area contributed by atoms with Gasteiger partial charge >= 0.3 is 0 Å². The van der Waals surface area contributed by atoms with Crippen LogP contribution in [0.1, 0.15) is 47.5 Å². The van der Waals surface area contributed by atoms with E-state index in [1.54, 1.807) is 11.8 Å². The van der Waals surface area contributed by atoms with Crippen molar-refractivity contribution >= 4 is 11.8 Å². The number of benzene rings is 1. The van der Waals surface area contributed by atoms with E-state index in [9.17, 15) is 9.59 Å². The fourth-order valence-electron chi connectivity index (χ4n) is 4.57. The fraction of sp³-hybridized carbons (Fsp3) is 0.500. The highest BCUT2D eigenvalue weighted by Gasteiger charge is 2.49. The molecule has 3 heterocycles. The molecule has 2 aromatic rings. The predicted octanol–water partition coefficient (Wildman–Crippen LogP) is 3.07. The average Bonchev–Trinajstić information content (AvgIpc) is 3.33. The summed E-state index contributed by atoms with van der Waals surface area (Å²) in [5.41, 5.74) is 1.25. The number of piperidine rings is 1. The maximum Gasteiger partial charge on any atom is 0.276 e. The third-order valence-electron chi connectivity index (χ3n) is 6.15. The highest BCUT2D eigenvalue weighted by atomic mass is 16.3. The number of rotatable bonds is 5. The molecule has 6 heteroatoms. The number of carbonyl (C=O) groups excluding carboxylic acids is 2. The predicted molar refractivity (Wildman–Crippen MR) is 105 cm³/mol. The smallest absolute Gasteiger partial charge is 0.276 e. The Hall–Kier alpha value is -2.63. The van der Waals surface area contributed by atoms with Crippen LogP contribution in [0.5, 0.6) is 0 Å². The molecule has 2 fully saturated rings. The molecule has 2 saturated heterocycles. The molecular weight excluding hydrogens is 354 g/mol. The molecule has 148 valence electrons. The average molecular weight is 381 g/mol. The van der Waals surface area contributed by atoms with E-state index in [4.69, 9.17) is 4.42 Å². The van der Waals surface area contributed by atoms with Crippen LogP contribution in [0.15, 0.2) is 41.1 Å². The molecule has 1 atom stereocenters. The Morgan fingerprint density at radius 2 is 2.04 bits per heavy atom. The van der Waals surface area contributed by atoms with Crippen molar-refractivity contribution in [2.45, 2.75) is 39.0 Å². The lowest BCUT2D eigenvalue weighted by Crippen LogP contribution is -2.50. The zero-order valence-corrected chi connectivity index (χ0v) is 16.4. The number of oxazole rings is 1. The van der Waals surface area contributed by atoms with Crippen LogP contribution >= 0.6 is 0 Å². The van der Waals surface area contributed by atoms with Crippen molar-refractivity contribution in [1.29, 1.82) is 0 Å². The highest BCUT2D eigenvalue weighted by molar-refractivity contribution is 5.94. The van der Waals surface area contributed by atoms with E-state index in [-0.39, 0.29) is 11.8 Å². The van der Waals surface area contributed by atoms with E-state index in [0.29, 0.717) is 24.5 Å². The summed E-state index contributed by atoms with van der Waals surface area (Å²) in [6.07, 6.45) is 5.85. The summed E-state index contributed by atoms with van der Waals surface area (Å²) in [5.74, 6) is 0.625. The Morgan fingerprint density at radius 3 is 2.79 bits per heavy atom. The number of aryl methyl sites for hydroxylation is 2. The summed E-state index contributed by atoms with van der Waals surface area (Å²) in [6.45, 7) is 4.45. The molecule has 2 aliphatic rings. The van der Waals surface area contributed by atoms with Gasteiger partial charge in [-0.3, -0.25) is 9.59 Å². The van der Waals surface area contributed by atoms with Gasteiger partial charge in [-0.05, 0) is 44.6 Å². The first-order valence-electron chi connectivity index (χ1n) is 10.1. The minimum atomic E-state index is -0.418. The van der Waals surface area contributed by atoms with Gasteiger partial charge in [0, 0.05) is 26.2 Å². The van der Waals surface area contributed by atoms with Gasteiger partial charge in [-0.15, -0.1) is 0 Å². The number of hydrogen-bond donors (Lipinski definition) is 0. The molecule has 0 aliphatic carbocycles. The minimum Gasteiger partial charge on any atom is -0.448 e. The van der Waals surface area contributed by atoms with Crippen LogP contribution in [0.4, 0.5) is 0 Å². The van der Waals surface area contributed by atoms with Crippen LogP contribution in [0.2, 0.25) is 0 Å². The van der Waals surface area contributed by atoms with E-state index in [0.717, 1.165) is 45.2 Å². The summed E-state index contributed by atoms with van der Waals surface area (Å²) in [5, 5.41) is 0. The molecule has 1 aromatic carbocycles. The van der Waals surface area contributed by atoms with Crippen LogP contribution in [-0.2, 0) is 11.2 Å². The van der Waals surface area contributed by atoms with E-state index in [1.165, 1.54) is 12.0 Å². The van der Waals surface area contributed by atoms with Crippen LogP contribution in [-0.4, -0.2) is 52.8 Å². The molecule has 1 spiro atoms. The van der Waals surface area contributed by atoms with Crippen molar-refractivity contribution in [1.82, 2.24) is 14.8 Å². The van der Waals surface area contributed by atoms with Gasteiger partial charge in [0.2, 0.25) is 5.91 Å². The largest absolute Gasteiger partial charge is 0.448 e. The van der Waals surface area contributed by atoms with Gasteiger partial charge in [0.05, 0.1) is 5.41 Å². The quantitative estimate of drug-likeness (QED) is 0.798. The molecule has 6 nitrogen and oxygen atoms in total. The van der Waals surface area contributed by atoms with Gasteiger partial charge in [0.25, 0.3) is 5.91 Å². The number of likely N-dealkylation sites (tertiary alicyclic amines) is 2. The maximum absolute atomic E-state index is 13.3. The van der Waals surface area contributed by atoms with Crippen molar-refractivity contribution in [2.75, 3.05) is 26.2 Å². The maximum atomic E-state index is 13.3. The van der Waals surface area contributed by atoms with E-state index in [1.807, 2.05) is 11.0 Å². The third kappa shape index (κ3) is 3.55. The molecule has 0 unspecified atom stereocenters. The summed E-state index contributed by atoms with van der Waals surface area (Å²) in [4.78, 5) is 33.9. The van der Waals surface area contributed by atoms with Crippen molar-refractivity contribution in [2.24, 2.45) is 5.41 Å². The zero-order chi connectivity index (χ0) is 19.6. The molecule has 2 aliphatic heterocycles. The molecule has 0 N–H and O–H groups in total. The molecule has 28 heavy (non-hydrogen) atoms. The van der Waals surface area contributed by atoms with Gasteiger partial charge in [-0.1, -0.05) is 30.3 Å². The first kappa shape index (κ1) is 18.7. The number of nitrogens with zero attached hydrogens (tertiary/aromatic N) is 3. The van der Waals surface area contributed by atoms with Crippen molar-refractivity contribution in [3.8, 4) is 0 Å². The van der Waals surface area contributed by atoms with Crippen molar-refractivity contribution in [3.05, 3.63) is 53.7 Å². The summed E-state index contributed by atoms with van der Waals surface area (Å²) >= 11 is 0. The first-order valence-corrected chi connectivity index (χ1v) is 10.1. The zero-order valence-electron chi connectivity index (χ0n) is 16.4. The first-order chi connectivity index (χ1) is 13.6. The summed E-state index contributed by atoms with van der Waals surface area (Å²) in [6, 6.07) is 10.4. The molecule has 1 aromatic heterocycles. The third-order valence-corrected chi connectivity index (χ3v) is 6.15. The van der Waals surface area contributed by atoms with Gasteiger partial charge in [0.15, 0.2) is 12.1 Å². The molecule has 0 bridgehead atoms. The Bertz CT molecular complexity index is 848. The Morgan fingerprint density at radius 1 is 1.21 bits per heavy atom. The van der Waals surface area contributed by atoms with E-state index in [2.05, 4.69) is 29.2 Å². The highest BCUT2D eigenvalue weighted by Crippen LogP contribution is 2.40. The summed E-state index contributed by atoms with van der Waals surface area (Å²) in [7, 11) is 0. The van der Waals surface area contributed by atoms with Crippen molar-refractivity contribution < 1.29 is 14.0 Å². The van der Waals surface area contributed by atoms with E-state index < -0.39 is 5.41 Å². The second-order valence-electron chi connectivity index (χ2n) is 8.00. The molecule has 0 radical (unpaired) electrons. The SMILES string of the molecule is Cc1ocnc1C(=O)N1CC[C@@]2(CCCN(CCCc3ccccc3)C2=O)C1.